The van der Waals surface area contributed by atoms with Crippen LogP contribution in [0, 0.1) is 10.1 Å². The number of hydrogen-bond donors (Lipinski definition) is 1. The molecule has 0 radical (unpaired) electrons. The molecule has 1 unspecified atom stereocenters. The molecule has 1 atom stereocenters. The van der Waals surface area contributed by atoms with E-state index >= 15 is 0 Å². The molecule has 1 aliphatic rings. The number of nitro benzene ring substituents is 1. The van der Waals surface area contributed by atoms with E-state index < -0.39 is 4.92 Å². The number of nitrogen functional groups attached to an aromatic ring is 1. The zero-order valence-corrected chi connectivity index (χ0v) is 10.0. The highest BCUT2D eigenvalue weighted by Crippen LogP contribution is 2.27. The van der Waals surface area contributed by atoms with Crippen molar-refractivity contribution in [1.82, 2.24) is 0 Å². The fourth-order valence-electron chi connectivity index (χ4n) is 1.90. The van der Waals surface area contributed by atoms with Gasteiger partial charge in [0.2, 0.25) is 0 Å². The first-order valence-electron chi connectivity index (χ1n) is 5.95. The highest BCUT2D eigenvalue weighted by Gasteiger charge is 2.16. The van der Waals surface area contributed by atoms with E-state index in [-0.39, 0.29) is 17.5 Å². The molecule has 0 aliphatic carbocycles. The zero-order valence-electron chi connectivity index (χ0n) is 10.0. The predicted molar refractivity (Wildman–Crippen MR) is 66.6 cm³/mol. The van der Waals surface area contributed by atoms with E-state index in [1.54, 1.807) is 0 Å². The van der Waals surface area contributed by atoms with Crippen LogP contribution in [0.1, 0.15) is 19.3 Å². The summed E-state index contributed by atoms with van der Waals surface area (Å²) in [5.41, 5.74) is 5.95. The summed E-state index contributed by atoms with van der Waals surface area (Å²) in [7, 11) is 0. The minimum absolute atomic E-state index is 0.0335. The highest BCUT2D eigenvalue weighted by molar-refractivity contribution is 5.58. The third-order valence-corrected chi connectivity index (χ3v) is 2.90. The van der Waals surface area contributed by atoms with Crippen molar-refractivity contribution in [1.29, 1.82) is 0 Å². The Hall–Kier alpha value is -1.82. The molecule has 2 rings (SSSR count). The monoisotopic (exact) mass is 252 g/mol. The molecule has 1 aromatic rings. The molecule has 1 fully saturated rings. The van der Waals surface area contributed by atoms with Crippen LogP contribution in [0.2, 0.25) is 0 Å². The van der Waals surface area contributed by atoms with Crippen molar-refractivity contribution in [3.05, 3.63) is 28.3 Å². The van der Waals surface area contributed by atoms with Gasteiger partial charge in [0.1, 0.15) is 12.4 Å². The lowest BCUT2D eigenvalue weighted by molar-refractivity contribution is -0.384. The molecule has 0 spiro atoms. The van der Waals surface area contributed by atoms with Crippen LogP contribution in [-0.4, -0.2) is 24.2 Å². The van der Waals surface area contributed by atoms with Crippen LogP contribution in [0.3, 0.4) is 0 Å². The summed E-state index contributed by atoms with van der Waals surface area (Å²) >= 11 is 0. The normalized spacial score (nSPS) is 19.4. The van der Waals surface area contributed by atoms with Crippen LogP contribution in [-0.2, 0) is 4.74 Å². The lowest BCUT2D eigenvalue weighted by Crippen LogP contribution is -2.25. The average Bonchev–Trinajstić information content (AvgIpc) is 2.38. The van der Waals surface area contributed by atoms with Crippen LogP contribution < -0.4 is 10.5 Å². The van der Waals surface area contributed by atoms with Crippen molar-refractivity contribution in [3.8, 4) is 5.75 Å². The zero-order chi connectivity index (χ0) is 13.0. The third-order valence-electron chi connectivity index (χ3n) is 2.90. The molecule has 1 saturated heterocycles. The second-order valence-corrected chi connectivity index (χ2v) is 4.28. The van der Waals surface area contributed by atoms with Gasteiger partial charge >= 0.3 is 0 Å². The van der Waals surface area contributed by atoms with Gasteiger partial charge in [0, 0.05) is 18.7 Å². The largest absolute Gasteiger partial charge is 0.489 e. The maximum absolute atomic E-state index is 10.6. The molecular formula is C12H16N2O4. The summed E-state index contributed by atoms with van der Waals surface area (Å²) in [6, 6.07) is 4.21. The Morgan fingerprint density at radius 1 is 1.50 bits per heavy atom. The first kappa shape index (κ1) is 12.6. The Morgan fingerprint density at radius 3 is 2.94 bits per heavy atom. The van der Waals surface area contributed by atoms with Crippen LogP contribution in [0.15, 0.2) is 18.2 Å². The topological polar surface area (TPSA) is 87.6 Å². The fourth-order valence-corrected chi connectivity index (χ4v) is 1.90. The van der Waals surface area contributed by atoms with Crippen LogP contribution in [0.4, 0.5) is 11.4 Å². The van der Waals surface area contributed by atoms with E-state index in [0.717, 1.165) is 25.9 Å². The van der Waals surface area contributed by atoms with Crippen molar-refractivity contribution in [2.75, 3.05) is 18.9 Å². The van der Waals surface area contributed by atoms with Crippen LogP contribution in [0.5, 0.6) is 5.75 Å². The quantitative estimate of drug-likeness (QED) is 0.503. The van der Waals surface area contributed by atoms with Gasteiger partial charge in [0.15, 0.2) is 0 Å². The summed E-state index contributed by atoms with van der Waals surface area (Å²) in [5, 5.41) is 10.6. The number of anilines is 1. The highest BCUT2D eigenvalue weighted by atomic mass is 16.6. The van der Waals surface area contributed by atoms with Gasteiger partial charge in [-0.05, 0) is 25.3 Å². The number of rotatable bonds is 4. The van der Waals surface area contributed by atoms with Crippen LogP contribution in [0.25, 0.3) is 0 Å². The summed E-state index contributed by atoms with van der Waals surface area (Å²) in [5.74, 6) is 0.467. The standard InChI is InChI=1S/C12H16N2O4/c13-11-7-9(14(15)16)4-5-12(11)18-8-10-3-1-2-6-17-10/h4-5,7,10H,1-3,6,8,13H2. The molecule has 6 heteroatoms. The Morgan fingerprint density at radius 2 is 2.33 bits per heavy atom. The molecule has 6 nitrogen and oxygen atoms in total. The number of benzene rings is 1. The molecule has 1 aromatic carbocycles. The van der Waals surface area contributed by atoms with Gasteiger partial charge in [0.05, 0.1) is 16.7 Å². The molecule has 1 heterocycles. The van der Waals surface area contributed by atoms with Gasteiger partial charge in [-0.1, -0.05) is 0 Å². The van der Waals surface area contributed by atoms with E-state index in [9.17, 15) is 10.1 Å². The second kappa shape index (κ2) is 5.68. The summed E-state index contributed by atoms with van der Waals surface area (Å²) in [6.07, 6.45) is 3.31. The van der Waals surface area contributed by atoms with Crippen molar-refractivity contribution >= 4 is 11.4 Å². The SMILES string of the molecule is Nc1cc([N+](=O)[O-])ccc1OCC1CCCCO1. The van der Waals surface area contributed by atoms with E-state index in [1.165, 1.54) is 18.2 Å². The summed E-state index contributed by atoms with van der Waals surface area (Å²) in [4.78, 5) is 10.1. The fraction of sp³-hybridized carbons (Fsp3) is 0.500. The van der Waals surface area contributed by atoms with Gasteiger partial charge in [-0.15, -0.1) is 0 Å². The number of nitro groups is 1. The van der Waals surface area contributed by atoms with E-state index in [4.69, 9.17) is 15.2 Å². The number of non-ortho nitro benzene ring substituents is 1. The number of nitrogens with zero attached hydrogens (tertiary/aromatic N) is 1. The Kier molecular flexibility index (Phi) is 3.99. The maximum Gasteiger partial charge on any atom is 0.271 e. The first-order valence-corrected chi connectivity index (χ1v) is 5.95. The van der Waals surface area contributed by atoms with E-state index in [2.05, 4.69) is 0 Å². The Labute approximate surface area is 105 Å². The van der Waals surface area contributed by atoms with Crippen LogP contribution >= 0.6 is 0 Å². The van der Waals surface area contributed by atoms with Gasteiger partial charge in [-0.25, -0.2) is 0 Å². The van der Waals surface area contributed by atoms with Crippen molar-refractivity contribution in [2.24, 2.45) is 0 Å². The lowest BCUT2D eigenvalue weighted by atomic mass is 10.1. The third kappa shape index (κ3) is 3.10. The minimum Gasteiger partial charge on any atom is -0.489 e. The van der Waals surface area contributed by atoms with Crippen molar-refractivity contribution in [3.63, 3.8) is 0 Å². The van der Waals surface area contributed by atoms with Gasteiger partial charge in [-0.2, -0.15) is 0 Å². The first-order chi connectivity index (χ1) is 8.66. The molecule has 2 N–H and O–H groups in total. The van der Waals surface area contributed by atoms with Gasteiger partial charge in [0.25, 0.3) is 5.69 Å². The molecule has 1 aliphatic heterocycles. The van der Waals surface area contributed by atoms with E-state index in [1.807, 2.05) is 0 Å². The number of nitrogens with two attached hydrogens (primary N) is 1. The second-order valence-electron chi connectivity index (χ2n) is 4.28. The van der Waals surface area contributed by atoms with E-state index in [0.29, 0.717) is 12.4 Å². The number of ether oxygens (including phenoxy) is 2. The molecule has 0 aromatic heterocycles. The smallest absolute Gasteiger partial charge is 0.271 e. The van der Waals surface area contributed by atoms with Crippen molar-refractivity contribution < 1.29 is 14.4 Å². The summed E-state index contributed by atoms with van der Waals surface area (Å²) in [6.45, 7) is 1.20. The molecule has 0 bridgehead atoms. The number of hydrogen-bond acceptors (Lipinski definition) is 5. The predicted octanol–water partition coefficient (Wildman–Crippen LogP) is 2.12. The molecule has 18 heavy (non-hydrogen) atoms. The maximum atomic E-state index is 10.6. The van der Waals surface area contributed by atoms with Gasteiger partial charge in [-0.3, -0.25) is 10.1 Å². The molecule has 0 amide bonds. The lowest BCUT2D eigenvalue weighted by Gasteiger charge is -2.22. The van der Waals surface area contributed by atoms with Gasteiger partial charge < -0.3 is 15.2 Å². The Balaban J connectivity index is 1.94. The average molecular weight is 252 g/mol. The summed E-state index contributed by atoms with van der Waals surface area (Å²) < 4.78 is 11.1. The van der Waals surface area contributed by atoms with Crippen molar-refractivity contribution in [2.45, 2.75) is 25.4 Å². The molecule has 0 saturated carbocycles. The minimum atomic E-state index is -0.482. The molecular weight excluding hydrogens is 236 g/mol. The Bertz CT molecular complexity index is 430. The molecule has 98 valence electrons.